The molecule has 5 heteroatoms. The molecule has 0 radical (unpaired) electrons. The quantitative estimate of drug-likeness (QED) is 0.398. The van der Waals surface area contributed by atoms with Gasteiger partial charge in [-0.2, -0.15) is 0 Å². The second-order valence-corrected chi connectivity index (χ2v) is 10.2. The minimum absolute atomic E-state index is 0.0257. The molecule has 31 heavy (non-hydrogen) atoms. The fraction of sp³-hybridized carbons (Fsp3) is 0.654. The van der Waals surface area contributed by atoms with E-state index in [1.54, 1.807) is 6.08 Å². The maximum Gasteiger partial charge on any atom is 0.328 e. The van der Waals surface area contributed by atoms with Crippen LogP contribution in [-0.2, 0) is 14.3 Å². The average molecular weight is 429 g/mol. The van der Waals surface area contributed by atoms with Crippen LogP contribution in [0.15, 0.2) is 47.6 Å². The molecule has 2 aliphatic heterocycles. The highest BCUT2D eigenvalue weighted by molar-refractivity contribution is 5.80. The molecule has 0 aromatic heterocycles. The summed E-state index contributed by atoms with van der Waals surface area (Å²) >= 11 is 0. The van der Waals surface area contributed by atoms with Crippen LogP contribution in [0, 0.1) is 29.6 Å². The van der Waals surface area contributed by atoms with E-state index in [-0.39, 0.29) is 17.9 Å². The van der Waals surface area contributed by atoms with E-state index in [1.807, 2.05) is 6.08 Å². The molecule has 9 atom stereocenters. The Morgan fingerprint density at radius 3 is 2.81 bits per heavy atom. The largest absolute Gasteiger partial charge is 0.478 e. The first-order chi connectivity index (χ1) is 14.7. The lowest BCUT2D eigenvalue weighted by atomic mass is 9.56. The van der Waals surface area contributed by atoms with E-state index < -0.39 is 23.8 Å². The Morgan fingerprint density at radius 1 is 1.29 bits per heavy atom. The van der Waals surface area contributed by atoms with Gasteiger partial charge in [-0.15, -0.1) is 0 Å². The number of rotatable bonds is 3. The minimum atomic E-state index is -0.992. The number of aliphatic hydroxyl groups excluding tert-OH is 1. The van der Waals surface area contributed by atoms with Crippen LogP contribution in [0.4, 0.5) is 0 Å². The molecule has 170 valence electrons. The second kappa shape index (κ2) is 8.68. The monoisotopic (exact) mass is 428 g/mol. The van der Waals surface area contributed by atoms with Gasteiger partial charge in [0.15, 0.2) is 0 Å². The first-order valence-corrected chi connectivity index (χ1v) is 11.6. The molecule has 0 aromatic carbocycles. The van der Waals surface area contributed by atoms with Gasteiger partial charge < -0.3 is 19.7 Å². The Labute approximate surface area is 185 Å². The SMILES string of the molecule is CC1=CC[C@H]2[C@H]3[C@H](O)[C@@H](/C=C/C=C/C(=O)O)O[C@@H]4[C@H](C)CCO[C@@]4(C)[C@@H]3C(C)=C[C@@H]2C1. The van der Waals surface area contributed by atoms with Crippen molar-refractivity contribution in [3.63, 3.8) is 0 Å². The number of hydrogen-bond acceptors (Lipinski definition) is 4. The molecule has 2 N–H and O–H groups in total. The van der Waals surface area contributed by atoms with Gasteiger partial charge in [0.25, 0.3) is 0 Å². The van der Waals surface area contributed by atoms with E-state index in [1.165, 1.54) is 17.2 Å². The number of carboxylic acids is 1. The van der Waals surface area contributed by atoms with Crippen molar-refractivity contribution in [2.45, 2.75) is 70.9 Å². The lowest BCUT2D eigenvalue weighted by Gasteiger charge is -2.53. The number of fused-ring (bicyclic) bond motifs is 5. The van der Waals surface area contributed by atoms with Crippen molar-refractivity contribution in [3.8, 4) is 0 Å². The van der Waals surface area contributed by atoms with Gasteiger partial charge in [0.05, 0.1) is 17.8 Å². The Hall–Kier alpha value is -1.69. The zero-order valence-corrected chi connectivity index (χ0v) is 19.0. The standard InChI is InChI=1S/C26H36O5/c1-15-9-10-19-18(13-15)14-17(3)23-22(19)24(29)20(7-5-6-8-21(27)28)31-25-16(2)11-12-30-26(23,25)4/h5-9,14,16,18-20,22-25,29H,10-13H2,1-4H3,(H,27,28)/b7-5+,8-6+/t16-,18+,19-,20-,22-,23-,24-,25-,26+/m1/s1. The summed E-state index contributed by atoms with van der Waals surface area (Å²) in [7, 11) is 0. The van der Waals surface area contributed by atoms with Gasteiger partial charge in [-0.25, -0.2) is 4.79 Å². The molecule has 0 saturated carbocycles. The predicted octanol–water partition coefficient (Wildman–Crippen LogP) is 4.29. The molecule has 0 amide bonds. The maximum atomic E-state index is 11.7. The van der Waals surface area contributed by atoms with Crippen LogP contribution in [0.3, 0.4) is 0 Å². The molecule has 0 unspecified atom stereocenters. The molecule has 2 fully saturated rings. The second-order valence-electron chi connectivity index (χ2n) is 10.2. The Balaban J connectivity index is 1.77. The van der Waals surface area contributed by atoms with Gasteiger partial charge in [-0.1, -0.05) is 48.5 Å². The number of aliphatic carboxylic acids is 1. The molecule has 0 spiro atoms. The Bertz CT molecular complexity index is 824. The van der Waals surface area contributed by atoms with Crippen molar-refractivity contribution in [2.24, 2.45) is 29.6 Å². The lowest BCUT2D eigenvalue weighted by Crippen LogP contribution is -2.58. The molecule has 4 aliphatic rings. The molecule has 5 nitrogen and oxygen atoms in total. The number of ether oxygens (including phenoxy) is 2. The molecule has 2 aliphatic carbocycles. The van der Waals surface area contributed by atoms with Crippen LogP contribution in [0.2, 0.25) is 0 Å². The summed E-state index contributed by atoms with van der Waals surface area (Å²) in [5, 5.41) is 20.6. The number of aliphatic hydroxyl groups is 1. The summed E-state index contributed by atoms with van der Waals surface area (Å²) in [5.74, 6) is 0.217. The highest BCUT2D eigenvalue weighted by Gasteiger charge is 2.59. The van der Waals surface area contributed by atoms with Crippen LogP contribution in [-0.4, -0.2) is 46.7 Å². The van der Waals surface area contributed by atoms with E-state index in [0.29, 0.717) is 24.4 Å². The summed E-state index contributed by atoms with van der Waals surface area (Å²) in [6.07, 6.45) is 12.5. The number of carbonyl (C=O) groups is 1. The van der Waals surface area contributed by atoms with E-state index in [4.69, 9.17) is 14.6 Å². The topological polar surface area (TPSA) is 76.0 Å². The van der Waals surface area contributed by atoms with Gasteiger partial charge in [0.1, 0.15) is 6.10 Å². The molecule has 0 bridgehead atoms. The average Bonchev–Trinajstić information content (AvgIpc) is 2.79. The van der Waals surface area contributed by atoms with E-state index in [2.05, 4.69) is 39.8 Å². The predicted molar refractivity (Wildman–Crippen MR) is 119 cm³/mol. The van der Waals surface area contributed by atoms with Crippen molar-refractivity contribution in [1.29, 1.82) is 0 Å². The van der Waals surface area contributed by atoms with E-state index in [0.717, 1.165) is 25.3 Å². The van der Waals surface area contributed by atoms with Crippen LogP contribution in [0.5, 0.6) is 0 Å². The lowest BCUT2D eigenvalue weighted by molar-refractivity contribution is -0.208. The Kier molecular flexibility index (Phi) is 6.30. The third kappa shape index (κ3) is 4.08. The van der Waals surface area contributed by atoms with Gasteiger partial charge in [-0.3, -0.25) is 0 Å². The fourth-order valence-corrected chi connectivity index (χ4v) is 6.76. The third-order valence-electron chi connectivity index (χ3n) is 8.06. The number of carboxylic acid groups (broad SMARTS) is 1. The van der Waals surface area contributed by atoms with E-state index >= 15 is 0 Å². The third-order valence-corrected chi connectivity index (χ3v) is 8.06. The Morgan fingerprint density at radius 2 is 2.06 bits per heavy atom. The zero-order chi connectivity index (χ0) is 22.3. The first-order valence-electron chi connectivity index (χ1n) is 11.6. The summed E-state index contributed by atoms with van der Waals surface area (Å²) in [4.78, 5) is 10.8. The van der Waals surface area contributed by atoms with Gasteiger partial charge >= 0.3 is 5.97 Å². The van der Waals surface area contributed by atoms with Gasteiger partial charge in [0, 0.05) is 24.5 Å². The smallest absolute Gasteiger partial charge is 0.328 e. The zero-order valence-electron chi connectivity index (χ0n) is 19.0. The van der Waals surface area contributed by atoms with Crippen LogP contribution >= 0.6 is 0 Å². The molecular weight excluding hydrogens is 392 g/mol. The first kappa shape index (κ1) is 22.5. The van der Waals surface area contributed by atoms with Crippen molar-refractivity contribution in [3.05, 3.63) is 47.6 Å². The minimum Gasteiger partial charge on any atom is -0.478 e. The van der Waals surface area contributed by atoms with Crippen LogP contribution in [0.25, 0.3) is 0 Å². The highest BCUT2D eigenvalue weighted by Crippen LogP contribution is 2.55. The van der Waals surface area contributed by atoms with Crippen LogP contribution in [0.1, 0.15) is 47.0 Å². The number of hydrogen-bond donors (Lipinski definition) is 2. The van der Waals surface area contributed by atoms with Crippen molar-refractivity contribution in [2.75, 3.05) is 6.61 Å². The summed E-state index contributed by atoms with van der Waals surface area (Å²) < 4.78 is 13.1. The summed E-state index contributed by atoms with van der Waals surface area (Å²) in [5.41, 5.74) is 2.23. The molecule has 2 saturated heterocycles. The molecule has 4 rings (SSSR count). The normalized spacial score (nSPS) is 45.3. The van der Waals surface area contributed by atoms with E-state index in [9.17, 15) is 9.90 Å². The van der Waals surface area contributed by atoms with Gasteiger partial charge in [-0.05, 0) is 57.8 Å². The molecule has 2 heterocycles. The number of allylic oxidation sites excluding steroid dienone is 5. The summed E-state index contributed by atoms with van der Waals surface area (Å²) in [6.45, 7) is 9.49. The summed E-state index contributed by atoms with van der Waals surface area (Å²) in [6, 6.07) is 0. The maximum absolute atomic E-state index is 11.7. The fourth-order valence-electron chi connectivity index (χ4n) is 6.76. The van der Waals surface area contributed by atoms with Gasteiger partial charge in [0.2, 0.25) is 0 Å². The van der Waals surface area contributed by atoms with Crippen molar-refractivity contribution in [1.82, 2.24) is 0 Å². The molecule has 0 aromatic rings. The molecular formula is C26H36O5. The van der Waals surface area contributed by atoms with Crippen molar-refractivity contribution < 1.29 is 24.5 Å². The highest BCUT2D eigenvalue weighted by atomic mass is 16.6. The van der Waals surface area contributed by atoms with Crippen molar-refractivity contribution >= 4 is 5.97 Å². The van der Waals surface area contributed by atoms with Crippen LogP contribution < -0.4 is 0 Å².